The van der Waals surface area contributed by atoms with Crippen LogP contribution in [0.1, 0.15) is 12.8 Å². The van der Waals surface area contributed by atoms with Gasteiger partial charge in [-0.25, -0.2) is 9.97 Å². The Morgan fingerprint density at radius 2 is 2.17 bits per heavy atom. The standard InChI is InChI=1S/C16H20N4O4/c1-24-9-8-19-7-4-13-12(14(19)21)10-17-16(18-13)20-5-2-11(3-6-20)15(22)23/h4,7,10-11H,2-3,5-6,8-9H2,1H3,(H,22,23). The number of methoxy groups -OCH3 is 1. The van der Waals surface area contributed by atoms with E-state index in [1.54, 1.807) is 30.1 Å². The number of ether oxygens (including phenoxy) is 1. The van der Waals surface area contributed by atoms with Gasteiger partial charge in [0.2, 0.25) is 5.95 Å². The SMILES string of the molecule is COCCn1ccc2nc(N3CCC(C(=O)O)CC3)ncc2c1=O. The van der Waals surface area contributed by atoms with E-state index >= 15 is 0 Å². The summed E-state index contributed by atoms with van der Waals surface area (Å²) in [6, 6.07) is 1.79. The number of hydrogen-bond acceptors (Lipinski definition) is 6. The van der Waals surface area contributed by atoms with E-state index in [0.717, 1.165) is 0 Å². The molecular formula is C16H20N4O4. The molecule has 0 aromatic carbocycles. The van der Waals surface area contributed by atoms with Crippen LogP contribution >= 0.6 is 0 Å². The molecular weight excluding hydrogens is 312 g/mol. The molecule has 0 unspecified atom stereocenters. The van der Waals surface area contributed by atoms with Gasteiger partial charge in [-0.2, -0.15) is 0 Å². The maximum atomic E-state index is 12.4. The summed E-state index contributed by atoms with van der Waals surface area (Å²) in [5, 5.41) is 9.53. The van der Waals surface area contributed by atoms with Crippen molar-refractivity contribution in [3.8, 4) is 0 Å². The van der Waals surface area contributed by atoms with Gasteiger partial charge >= 0.3 is 5.97 Å². The second-order valence-electron chi connectivity index (χ2n) is 5.88. The summed E-state index contributed by atoms with van der Waals surface area (Å²) in [7, 11) is 1.59. The quantitative estimate of drug-likeness (QED) is 0.862. The van der Waals surface area contributed by atoms with Crippen molar-refractivity contribution in [2.24, 2.45) is 5.92 Å². The average molecular weight is 332 g/mol. The third-order valence-electron chi connectivity index (χ3n) is 4.37. The summed E-state index contributed by atoms with van der Waals surface area (Å²) in [6.07, 6.45) is 4.41. The highest BCUT2D eigenvalue weighted by Crippen LogP contribution is 2.21. The second kappa shape index (κ2) is 6.96. The number of hydrogen-bond donors (Lipinski definition) is 1. The van der Waals surface area contributed by atoms with Crippen molar-refractivity contribution in [1.29, 1.82) is 0 Å². The number of aliphatic carboxylic acids is 1. The summed E-state index contributed by atoms with van der Waals surface area (Å²) in [5.41, 5.74) is 0.458. The molecule has 0 atom stereocenters. The predicted molar refractivity (Wildman–Crippen MR) is 88.2 cm³/mol. The van der Waals surface area contributed by atoms with Gasteiger partial charge in [-0.15, -0.1) is 0 Å². The fraction of sp³-hybridized carbons (Fsp3) is 0.500. The van der Waals surface area contributed by atoms with Crippen molar-refractivity contribution in [3.05, 3.63) is 28.8 Å². The number of carboxylic acids is 1. The van der Waals surface area contributed by atoms with Crippen LogP contribution in [0.3, 0.4) is 0 Å². The third kappa shape index (κ3) is 3.23. The fourth-order valence-corrected chi connectivity index (χ4v) is 2.90. The van der Waals surface area contributed by atoms with Crippen LogP contribution in [-0.2, 0) is 16.1 Å². The Morgan fingerprint density at radius 3 is 2.83 bits per heavy atom. The number of fused-ring (bicyclic) bond motifs is 1. The number of carbonyl (C=O) groups is 1. The van der Waals surface area contributed by atoms with E-state index in [1.165, 1.54) is 0 Å². The van der Waals surface area contributed by atoms with Crippen LogP contribution in [0.15, 0.2) is 23.3 Å². The minimum Gasteiger partial charge on any atom is -0.481 e. The topological polar surface area (TPSA) is 97.6 Å². The lowest BCUT2D eigenvalue weighted by molar-refractivity contribution is -0.142. The Labute approximate surface area is 138 Å². The first kappa shape index (κ1) is 16.4. The Kier molecular flexibility index (Phi) is 4.75. The lowest BCUT2D eigenvalue weighted by Gasteiger charge is -2.30. The van der Waals surface area contributed by atoms with E-state index in [-0.39, 0.29) is 11.5 Å². The zero-order valence-corrected chi connectivity index (χ0v) is 13.5. The fourth-order valence-electron chi connectivity index (χ4n) is 2.90. The Morgan fingerprint density at radius 1 is 1.42 bits per heavy atom. The van der Waals surface area contributed by atoms with Gasteiger partial charge in [0.05, 0.1) is 23.4 Å². The molecule has 1 aliphatic heterocycles. The summed E-state index contributed by atoms with van der Waals surface area (Å²) in [6.45, 7) is 2.15. The van der Waals surface area contributed by atoms with Crippen molar-refractivity contribution in [3.63, 3.8) is 0 Å². The summed E-state index contributed by atoms with van der Waals surface area (Å²) >= 11 is 0. The van der Waals surface area contributed by atoms with Gasteiger partial charge in [0, 0.05) is 39.1 Å². The molecule has 8 nitrogen and oxygen atoms in total. The maximum absolute atomic E-state index is 12.4. The number of nitrogens with zero attached hydrogens (tertiary/aromatic N) is 4. The van der Waals surface area contributed by atoms with E-state index in [9.17, 15) is 9.59 Å². The van der Waals surface area contributed by atoms with Crippen molar-refractivity contribution in [2.45, 2.75) is 19.4 Å². The molecule has 1 saturated heterocycles. The van der Waals surface area contributed by atoms with Gasteiger partial charge in [0.25, 0.3) is 5.56 Å². The van der Waals surface area contributed by atoms with Crippen LogP contribution in [0.2, 0.25) is 0 Å². The second-order valence-corrected chi connectivity index (χ2v) is 5.88. The monoisotopic (exact) mass is 332 g/mol. The van der Waals surface area contributed by atoms with Crippen molar-refractivity contribution in [2.75, 3.05) is 31.7 Å². The van der Waals surface area contributed by atoms with Gasteiger partial charge in [-0.3, -0.25) is 9.59 Å². The van der Waals surface area contributed by atoms with Crippen molar-refractivity contribution < 1.29 is 14.6 Å². The van der Waals surface area contributed by atoms with Crippen LogP contribution < -0.4 is 10.5 Å². The molecule has 1 fully saturated rings. The molecule has 3 rings (SSSR count). The maximum Gasteiger partial charge on any atom is 0.306 e. The molecule has 1 aliphatic rings. The highest BCUT2D eigenvalue weighted by Gasteiger charge is 2.25. The van der Waals surface area contributed by atoms with Crippen LogP contribution in [0.5, 0.6) is 0 Å². The molecule has 24 heavy (non-hydrogen) atoms. The summed E-state index contributed by atoms with van der Waals surface area (Å²) in [4.78, 5) is 34.2. The lowest BCUT2D eigenvalue weighted by atomic mass is 9.97. The number of pyridine rings is 1. The highest BCUT2D eigenvalue weighted by molar-refractivity contribution is 5.77. The van der Waals surface area contributed by atoms with E-state index in [4.69, 9.17) is 9.84 Å². The van der Waals surface area contributed by atoms with Crippen molar-refractivity contribution in [1.82, 2.24) is 14.5 Å². The van der Waals surface area contributed by atoms with Gasteiger partial charge in [0.1, 0.15) is 0 Å². The molecule has 8 heteroatoms. The summed E-state index contributed by atoms with van der Waals surface area (Å²) < 4.78 is 6.57. The lowest BCUT2D eigenvalue weighted by Crippen LogP contribution is -2.37. The van der Waals surface area contributed by atoms with E-state index < -0.39 is 5.97 Å². The Balaban J connectivity index is 1.82. The Bertz CT molecular complexity index is 796. The molecule has 0 amide bonds. The minimum absolute atomic E-state index is 0.138. The van der Waals surface area contributed by atoms with E-state index in [2.05, 4.69) is 9.97 Å². The van der Waals surface area contributed by atoms with Crippen LogP contribution in [-0.4, -0.2) is 52.4 Å². The minimum atomic E-state index is -0.745. The Hall–Kier alpha value is -2.48. The molecule has 3 heterocycles. The first-order valence-corrected chi connectivity index (χ1v) is 7.93. The molecule has 0 bridgehead atoms. The van der Waals surface area contributed by atoms with Crippen LogP contribution in [0, 0.1) is 5.92 Å². The third-order valence-corrected chi connectivity index (χ3v) is 4.37. The molecule has 0 aliphatic carbocycles. The van der Waals surface area contributed by atoms with Crippen LogP contribution in [0.4, 0.5) is 5.95 Å². The molecule has 128 valence electrons. The van der Waals surface area contributed by atoms with Crippen LogP contribution in [0.25, 0.3) is 10.9 Å². The molecule has 0 radical (unpaired) electrons. The number of rotatable bonds is 5. The first-order chi connectivity index (χ1) is 11.6. The molecule has 2 aromatic heterocycles. The highest BCUT2D eigenvalue weighted by atomic mass is 16.5. The van der Waals surface area contributed by atoms with Crippen molar-refractivity contribution >= 4 is 22.8 Å². The van der Waals surface area contributed by atoms with E-state index in [1.807, 2.05) is 4.90 Å². The van der Waals surface area contributed by atoms with Gasteiger partial charge in [-0.05, 0) is 18.9 Å². The average Bonchev–Trinajstić information content (AvgIpc) is 2.61. The van der Waals surface area contributed by atoms with Gasteiger partial charge in [0.15, 0.2) is 0 Å². The number of carboxylic acid groups (broad SMARTS) is 1. The number of piperidine rings is 1. The normalized spacial score (nSPS) is 15.8. The molecule has 0 saturated carbocycles. The molecule has 2 aromatic rings. The summed E-state index contributed by atoms with van der Waals surface area (Å²) in [5.74, 6) is -0.499. The largest absolute Gasteiger partial charge is 0.481 e. The molecule has 0 spiro atoms. The van der Waals surface area contributed by atoms with Gasteiger partial charge < -0.3 is 19.3 Å². The predicted octanol–water partition coefficient (Wildman–Crippen LogP) is 0.739. The van der Waals surface area contributed by atoms with Gasteiger partial charge in [-0.1, -0.05) is 0 Å². The first-order valence-electron chi connectivity index (χ1n) is 7.93. The van der Waals surface area contributed by atoms with E-state index in [0.29, 0.717) is 55.9 Å². The number of aromatic nitrogens is 3. The zero-order chi connectivity index (χ0) is 17.1. The zero-order valence-electron chi connectivity index (χ0n) is 13.5. The number of anilines is 1. The smallest absolute Gasteiger partial charge is 0.306 e. The molecule has 1 N–H and O–H groups in total.